The van der Waals surface area contributed by atoms with Gasteiger partial charge in [0, 0.05) is 13.1 Å². The second kappa shape index (κ2) is 11.1. The molecule has 1 aliphatic carbocycles. The Bertz CT molecular complexity index is 1190. The number of para-hydroxylation sites is 1. The molecule has 2 aromatic carbocycles. The maximum absolute atomic E-state index is 13.1. The molecule has 1 atom stereocenters. The molecule has 186 valence electrons. The fourth-order valence-electron chi connectivity index (χ4n) is 5.25. The third-order valence-corrected chi connectivity index (χ3v) is 7.34. The van der Waals surface area contributed by atoms with Gasteiger partial charge in [0.05, 0.1) is 17.9 Å². The van der Waals surface area contributed by atoms with E-state index >= 15 is 0 Å². The van der Waals surface area contributed by atoms with Crippen LogP contribution in [0.25, 0.3) is 5.69 Å². The van der Waals surface area contributed by atoms with Crippen LogP contribution in [0.4, 0.5) is 5.69 Å². The molecule has 6 heteroatoms. The third-order valence-electron chi connectivity index (χ3n) is 7.34. The lowest BCUT2D eigenvalue weighted by molar-refractivity contribution is -0.115. The Labute approximate surface area is 208 Å². The molecule has 1 fully saturated rings. The van der Waals surface area contributed by atoms with Crippen LogP contribution in [0.3, 0.4) is 0 Å². The van der Waals surface area contributed by atoms with E-state index in [2.05, 4.69) is 48.7 Å². The van der Waals surface area contributed by atoms with Crippen LogP contribution >= 0.6 is 0 Å². The quantitative estimate of drug-likeness (QED) is 0.456. The first-order valence-corrected chi connectivity index (χ1v) is 12.8. The number of aromatic nitrogens is 2. The molecule has 1 unspecified atom stereocenters. The fourth-order valence-corrected chi connectivity index (χ4v) is 5.25. The van der Waals surface area contributed by atoms with Gasteiger partial charge in [-0.1, -0.05) is 75.6 Å². The number of nitrogens with one attached hydrogen (secondary N) is 2. The minimum Gasteiger partial charge on any atom is -0.319 e. The normalized spacial score (nSPS) is 15.3. The molecule has 6 nitrogen and oxygen atoms in total. The van der Waals surface area contributed by atoms with Crippen LogP contribution in [-0.2, 0) is 11.8 Å². The van der Waals surface area contributed by atoms with E-state index in [1.165, 1.54) is 43.2 Å². The first kappa shape index (κ1) is 25.0. The minimum atomic E-state index is -0.233. The van der Waals surface area contributed by atoms with Crippen LogP contribution in [0, 0.1) is 12.8 Å². The van der Waals surface area contributed by atoms with Crippen molar-refractivity contribution in [3.63, 3.8) is 0 Å². The van der Waals surface area contributed by atoms with E-state index in [1.807, 2.05) is 44.3 Å². The molecule has 1 aromatic heterocycles. The lowest BCUT2D eigenvalue weighted by atomic mass is 9.83. The monoisotopic (exact) mass is 474 g/mol. The highest BCUT2D eigenvalue weighted by Crippen LogP contribution is 2.33. The van der Waals surface area contributed by atoms with Gasteiger partial charge in [0.15, 0.2) is 0 Å². The summed E-state index contributed by atoms with van der Waals surface area (Å²) in [7, 11) is 1.82. The molecule has 1 saturated carbocycles. The van der Waals surface area contributed by atoms with Gasteiger partial charge in [-0.2, -0.15) is 0 Å². The van der Waals surface area contributed by atoms with Crippen LogP contribution in [0.5, 0.6) is 0 Å². The lowest BCUT2D eigenvalue weighted by Crippen LogP contribution is -2.34. The molecule has 0 aliphatic heterocycles. The highest BCUT2D eigenvalue weighted by Gasteiger charge is 2.21. The molecule has 0 spiro atoms. The molecular formula is C29H38N4O2. The van der Waals surface area contributed by atoms with Crippen LogP contribution in [0.15, 0.2) is 59.4 Å². The maximum Gasteiger partial charge on any atom is 0.295 e. The summed E-state index contributed by atoms with van der Waals surface area (Å²) in [5.41, 5.74) is 4.19. The lowest BCUT2D eigenvalue weighted by Gasteiger charge is -2.25. The Morgan fingerprint density at radius 3 is 2.29 bits per heavy atom. The number of carbonyl (C=O) groups is 1. The van der Waals surface area contributed by atoms with Gasteiger partial charge in [0.1, 0.15) is 5.69 Å². The van der Waals surface area contributed by atoms with Crippen molar-refractivity contribution in [2.24, 2.45) is 13.0 Å². The van der Waals surface area contributed by atoms with Crippen molar-refractivity contribution >= 4 is 11.6 Å². The van der Waals surface area contributed by atoms with Crippen LogP contribution in [0.2, 0.25) is 0 Å². The first-order valence-electron chi connectivity index (χ1n) is 12.8. The molecule has 35 heavy (non-hydrogen) atoms. The molecule has 1 amide bonds. The highest BCUT2D eigenvalue weighted by molar-refractivity contribution is 5.92. The van der Waals surface area contributed by atoms with Gasteiger partial charge >= 0.3 is 0 Å². The standard InChI is InChI=1S/C29H38N4O2/c1-20(2)27(24-17-15-23(16-18-24)22-11-7-5-8-12-22)30-19-26(34)31-28-21(3)32(4)33(29(28)35)25-13-9-6-10-14-25/h6,9-10,13-18,20,22,27,30H,5,7-8,11-12,19H2,1-4H3,(H,31,34). The Hall–Kier alpha value is -3.12. The van der Waals surface area contributed by atoms with Gasteiger partial charge in [-0.15, -0.1) is 0 Å². The number of nitrogens with zero attached hydrogens (tertiary/aromatic N) is 2. The predicted molar refractivity (Wildman–Crippen MR) is 142 cm³/mol. The average Bonchev–Trinajstić information content (AvgIpc) is 3.08. The molecule has 4 rings (SSSR count). The zero-order valence-corrected chi connectivity index (χ0v) is 21.4. The van der Waals surface area contributed by atoms with E-state index in [1.54, 1.807) is 9.36 Å². The van der Waals surface area contributed by atoms with E-state index in [0.29, 0.717) is 23.2 Å². The zero-order valence-electron chi connectivity index (χ0n) is 21.4. The Morgan fingerprint density at radius 2 is 1.66 bits per heavy atom. The van der Waals surface area contributed by atoms with Crippen molar-refractivity contribution in [2.75, 3.05) is 11.9 Å². The summed E-state index contributed by atoms with van der Waals surface area (Å²) in [6.45, 7) is 6.29. The molecule has 3 aromatic rings. The molecule has 1 aliphatic rings. The number of carbonyl (C=O) groups excluding carboxylic acids is 1. The smallest absolute Gasteiger partial charge is 0.295 e. The topological polar surface area (TPSA) is 68.1 Å². The Morgan fingerprint density at radius 1 is 1.00 bits per heavy atom. The van der Waals surface area contributed by atoms with Gasteiger partial charge in [-0.25, -0.2) is 4.68 Å². The van der Waals surface area contributed by atoms with Crippen molar-refractivity contribution in [1.29, 1.82) is 0 Å². The zero-order chi connectivity index (χ0) is 24.9. The SMILES string of the molecule is Cc1c(NC(=O)CNC(c2ccc(C3CCCCC3)cc2)C(C)C)c(=O)n(-c2ccccc2)n1C. The van der Waals surface area contributed by atoms with Crippen LogP contribution in [-0.4, -0.2) is 21.8 Å². The van der Waals surface area contributed by atoms with Gasteiger partial charge in [0.2, 0.25) is 5.91 Å². The third kappa shape index (κ3) is 5.59. The van der Waals surface area contributed by atoms with Crippen molar-refractivity contribution < 1.29 is 4.79 Å². The van der Waals surface area contributed by atoms with Crippen molar-refractivity contribution in [1.82, 2.24) is 14.7 Å². The number of hydrogen-bond donors (Lipinski definition) is 2. The Balaban J connectivity index is 1.43. The van der Waals surface area contributed by atoms with E-state index in [4.69, 9.17) is 0 Å². The van der Waals surface area contributed by atoms with Crippen molar-refractivity contribution in [2.45, 2.75) is 64.8 Å². The molecular weight excluding hydrogens is 436 g/mol. The fraction of sp³-hybridized carbons (Fsp3) is 0.448. The van der Waals surface area contributed by atoms with E-state index in [0.717, 1.165) is 5.69 Å². The maximum atomic E-state index is 13.1. The average molecular weight is 475 g/mol. The van der Waals surface area contributed by atoms with Gasteiger partial charge in [0.25, 0.3) is 5.56 Å². The summed E-state index contributed by atoms with van der Waals surface area (Å²) in [6, 6.07) is 18.4. The van der Waals surface area contributed by atoms with E-state index in [9.17, 15) is 9.59 Å². The van der Waals surface area contributed by atoms with Gasteiger partial charge in [-0.05, 0) is 54.9 Å². The molecule has 2 N–H and O–H groups in total. The van der Waals surface area contributed by atoms with Gasteiger partial charge in [-0.3, -0.25) is 14.3 Å². The number of benzene rings is 2. The largest absolute Gasteiger partial charge is 0.319 e. The first-order chi connectivity index (χ1) is 16.9. The minimum absolute atomic E-state index is 0.0546. The summed E-state index contributed by atoms with van der Waals surface area (Å²) < 4.78 is 3.34. The second-order valence-corrected chi connectivity index (χ2v) is 10.1. The van der Waals surface area contributed by atoms with Crippen LogP contribution in [0.1, 0.15) is 74.7 Å². The second-order valence-electron chi connectivity index (χ2n) is 10.1. The Kier molecular flexibility index (Phi) is 7.91. The van der Waals surface area contributed by atoms with E-state index < -0.39 is 0 Å². The molecule has 1 heterocycles. The molecule has 0 radical (unpaired) electrons. The van der Waals surface area contributed by atoms with Gasteiger partial charge < -0.3 is 10.6 Å². The van der Waals surface area contributed by atoms with Crippen molar-refractivity contribution in [3.05, 3.63) is 81.8 Å². The molecule has 0 bridgehead atoms. The number of rotatable bonds is 8. The van der Waals surface area contributed by atoms with Crippen molar-refractivity contribution in [3.8, 4) is 5.69 Å². The summed E-state index contributed by atoms with van der Waals surface area (Å²) in [6.07, 6.45) is 6.59. The number of amides is 1. The summed E-state index contributed by atoms with van der Waals surface area (Å²) in [5, 5.41) is 6.27. The predicted octanol–water partition coefficient (Wildman–Crippen LogP) is 5.46. The number of hydrogen-bond acceptors (Lipinski definition) is 3. The highest BCUT2D eigenvalue weighted by atomic mass is 16.2. The number of anilines is 1. The summed E-state index contributed by atoms with van der Waals surface area (Å²) in [5.74, 6) is 0.778. The summed E-state index contributed by atoms with van der Waals surface area (Å²) >= 11 is 0. The van der Waals surface area contributed by atoms with Crippen LogP contribution < -0.4 is 16.2 Å². The van der Waals surface area contributed by atoms with E-state index in [-0.39, 0.29) is 24.1 Å². The molecule has 0 saturated heterocycles. The summed E-state index contributed by atoms with van der Waals surface area (Å²) in [4.78, 5) is 25.9.